The molecular weight excluding hydrogens is 496 g/mol. The lowest BCUT2D eigenvalue weighted by molar-refractivity contribution is -0.384. The molecule has 1 aromatic heterocycles. The first-order chi connectivity index (χ1) is 18.5. The average molecular weight is 527 g/mol. The fraction of sp³-hybridized carbons (Fsp3) is 0.214. The van der Waals surface area contributed by atoms with E-state index >= 15 is 0 Å². The lowest BCUT2D eigenvalue weighted by atomic mass is 10.1. The first-order valence-electron chi connectivity index (χ1n) is 12.3. The van der Waals surface area contributed by atoms with Crippen LogP contribution in [0.25, 0.3) is 0 Å². The highest BCUT2D eigenvalue weighted by molar-refractivity contribution is 5.96. The number of nitrogens with one attached hydrogen (secondary N) is 4. The van der Waals surface area contributed by atoms with Gasteiger partial charge in [0.15, 0.2) is 0 Å². The Labute approximate surface area is 226 Å². The van der Waals surface area contributed by atoms with Crippen LogP contribution in [0.4, 0.5) is 40.6 Å². The standard InChI is InChI=1S/C28H30N8O3/c1-16-9-17(2)12-22(11-16)31-27-33-26(34-28(35-27)32-23-13-18(3)10-19(4)14-23)29-20(5)25(37)30-21-7-6-8-24(15-21)36(38)39/h6-15,20H,1-5H3,(H,30,37)(H3,29,31,32,33,34,35)/t20-/m1/s1. The Morgan fingerprint density at radius 2 is 1.23 bits per heavy atom. The molecule has 0 spiro atoms. The Balaban J connectivity index is 1.59. The first-order valence-corrected chi connectivity index (χ1v) is 12.3. The van der Waals surface area contributed by atoms with Gasteiger partial charge in [0.1, 0.15) is 6.04 Å². The van der Waals surface area contributed by atoms with E-state index in [9.17, 15) is 14.9 Å². The second kappa shape index (κ2) is 11.5. The van der Waals surface area contributed by atoms with Crippen molar-refractivity contribution in [2.45, 2.75) is 40.7 Å². The minimum absolute atomic E-state index is 0.116. The molecule has 11 heteroatoms. The highest BCUT2D eigenvalue weighted by Gasteiger charge is 2.17. The van der Waals surface area contributed by atoms with Gasteiger partial charge in [-0.3, -0.25) is 14.9 Å². The van der Waals surface area contributed by atoms with E-state index in [1.807, 2.05) is 52.0 Å². The molecule has 39 heavy (non-hydrogen) atoms. The van der Waals surface area contributed by atoms with Crippen LogP contribution in [0.3, 0.4) is 0 Å². The smallest absolute Gasteiger partial charge is 0.271 e. The molecule has 0 saturated carbocycles. The topological polar surface area (TPSA) is 147 Å². The Bertz CT molecular complexity index is 1430. The molecule has 1 amide bonds. The van der Waals surface area contributed by atoms with Crippen LogP contribution < -0.4 is 21.3 Å². The summed E-state index contributed by atoms with van der Waals surface area (Å²) in [5.41, 5.74) is 6.18. The quantitative estimate of drug-likeness (QED) is 0.154. The molecule has 1 heterocycles. The summed E-state index contributed by atoms with van der Waals surface area (Å²) in [5, 5.41) is 23.2. The second-order valence-electron chi connectivity index (χ2n) is 9.47. The number of aryl methyl sites for hydroxylation is 4. The monoisotopic (exact) mass is 526 g/mol. The van der Waals surface area contributed by atoms with E-state index < -0.39 is 16.9 Å². The fourth-order valence-corrected chi connectivity index (χ4v) is 4.11. The third kappa shape index (κ3) is 7.48. The highest BCUT2D eigenvalue weighted by Crippen LogP contribution is 2.23. The second-order valence-corrected chi connectivity index (χ2v) is 9.47. The molecule has 0 aliphatic carbocycles. The maximum absolute atomic E-state index is 12.9. The summed E-state index contributed by atoms with van der Waals surface area (Å²) < 4.78 is 0. The van der Waals surface area contributed by atoms with Crippen LogP contribution in [0, 0.1) is 37.8 Å². The van der Waals surface area contributed by atoms with E-state index in [0.29, 0.717) is 5.69 Å². The average Bonchev–Trinajstić information content (AvgIpc) is 2.82. The third-order valence-corrected chi connectivity index (χ3v) is 5.65. The SMILES string of the molecule is Cc1cc(C)cc(Nc2nc(Nc3cc(C)cc(C)c3)nc(N[C@H](C)C(=O)Nc3cccc([N+](=O)[O-])c3)n2)c1. The predicted molar refractivity (Wildman–Crippen MR) is 153 cm³/mol. The van der Waals surface area contributed by atoms with Crippen molar-refractivity contribution in [3.05, 3.63) is 93.0 Å². The number of hydrogen-bond donors (Lipinski definition) is 4. The van der Waals surface area contributed by atoms with Crippen molar-refractivity contribution in [2.24, 2.45) is 0 Å². The maximum atomic E-state index is 12.9. The minimum atomic E-state index is -0.769. The Morgan fingerprint density at radius 1 is 0.744 bits per heavy atom. The molecule has 0 saturated heterocycles. The van der Waals surface area contributed by atoms with Gasteiger partial charge in [0.05, 0.1) is 4.92 Å². The molecule has 4 aromatic rings. The molecule has 11 nitrogen and oxygen atoms in total. The largest absolute Gasteiger partial charge is 0.342 e. The number of benzene rings is 3. The van der Waals surface area contributed by atoms with Crippen LogP contribution in [-0.2, 0) is 4.79 Å². The number of carbonyl (C=O) groups excluding carboxylic acids is 1. The van der Waals surface area contributed by atoms with Gasteiger partial charge in [0.2, 0.25) is 23.8 Å². The molecule has 0 fully saturated rings. The summed E-state index contributed by atoms with van der Waals surface area (Å²) in [6.07, 6.45) is 0. The number of carbonyl (C=O) groups is 1. The zero-order chi connectivity index (χ0) is 28.1. The van der Waals surface area contributed by atoms with Crippen LogP contribution in [0.15, 0.2) is 60.7 Å². The number of amides is 1. The Kier molecular flexibility index (Phi) is 7.99. The van der Waals surface area contributed by atoms with E-state index in [1.165, 1.54) is 18.2 Å². The lowest BCUT2D eigenvalue weighted by Crippen LogP contribution is -2.32. The van der Waals surface area contributed by atoms with Gasteiger partial charge in [-0.15, -0.1) is 0 Å². The summed E-state index contributed by atoms with van der Waals surface area (Å²) in [6, 6.07) is 17.0. The Morgan fingerprint density at radius 3 is 1.72 bits per heavy atom. The lowest BCUT2D eigenvalue weighted by Gasteiger charge is -2.16. The van der Waals surface area contributed by atoms with Crippen molar-refractivity contribution in [3.63, 3.8) is 0 Å². The minimum Gasteiger partial charge on any atom is -0.342 e. The molecule has 0 aliphatic rings. The third-order valence-electron chi connectivity index (χ3n) is 5.65. The fourth-order valence-electron chi connectivity index (χ4n) is 4.11. The number of nitro benzene ring substituents is 1. The summed E-state index contributed by atoms with van der Waals surface area (Å²) in [4.78, 5) is 36.9. The number of nitrogens with zero attached hydrogens (tertiary/aromatic N) is 4. The van der Waals surface area contributed by atoms with Crippen LogP contribution >= 0.6 is 0 Å². The summed E-state index contributed by atoms with van der Waals surface area (Å²) in [7, 11) is 0. The molecule has 3 aromatic carbocycles. The van der Waals surface area contributed by atoms with Crippen LogP contribution in [0.5, 0.6) is 0 Å². The zero-order valence-corrected chi connectivity index (χ0v) is 22.4. The number of non-ortho nitro benzene ring substituents is 1. The maximum Gasteiger partial charge on any atom is 0.271 e. The van der Waals surface area contributed by atoms with Crippen molar-refractivity contribution < 1.29 is 9.72 Å². The highest BCUT2D eigenvalue weighted by atomic mass is 16.6. The van der Waals surface area contributed by atoms with Gasteiger partial charge in [-0.05, 0) is 87.2 Å². The van der Waals surface area contributed by atoms with Gasteiger partial charge in [-0.2, -0.15) is 15.0 Å². The van der Waals surface area contributed by atoms with Gasteiger partial charge in [0.25, 0.3) is 5.69 Å². The molecule has 0 radical (unpaired) electrons. The molecule has 0 aliphatic heterocycles. The molecule has 4 rings (SSSR count). The Hall–Kier alpha value is -5.06. The molecule has 0 unspecified atom stereocenters. The van der Waals surface area contributed by atoms with E-state index in [-0.39, 0.29) is 23.5 Å². The molecule has 200 valence electrons. The molecular formula is C28H30N8O3. The summed E-state index contributed by atoms with van der Waals surface area (Å²) in [6.45, 7) is 9.67. The predicted octanol–water partition coefficient (Wildman–Crippen LogP) is 5.94. The van der Waals surface area contributed by atoms with Crippen molar-refractivity contribution in [1.82, 2.24) is 15.0 Å². The number of rotatable bonds is 9. The van der Waals surface area contributed by atoms with Crippen molar-refractivity contribution >= 4 is 46.5 Å². The number of anilines is 6. The van der Waals surface area contributed by atoms with Crippen molar-refractivity contribution in [3.8, 4) is 0 Å². The van der Waals surface area contributed by atoms with Crippen LogP contribution in [-0.4, -0.2) is 31.8 Å². The van der Waals surface area contributed by atoms with Gasteiger partial charge in [-0.1, -0.05) is 18.2 Å². The van der Waals surface area contributed by atoms with E-state index in [2.05, 4.69) is 48.4 Å². The molecule has 4 N–H and O–H groups in total. The molecule has 1 atom stereocenters. The van der Waals surface area contributed by atoms with Gasteiger partial charge < -0.3 is 21.3 Å². The van der Waals surface area contributed by atoms with Crippen molar-refractivity contribution in [1.29, 1.82) is 0 Å². The number of hydrogen-bond acceptors (Lipinski definition) is 9. The van der Waals surface area contributed by atoms with Crippen molar-refractivity contribution in [2.75, 3.05) is 21.3 Å². The summed E-state index contributed by atoms with van der Waals surface area (Å²) in [5.74, 6) is 0.334. The first kappa shape index (κ1) is 27.0. The van der Waals surface area contributed by atoms with E-state index in [0.717, 1.165) is 33.6 Å². The molecule has 0 bridgehead atoms. The zero-order valence-electron chi connectivity index (χ0n) is 22.4. The normalized spacial score (nSPS) is 11.4. The van der Waals surface area contributed by atoms with Gasteiger partial charge in [-0.25, -0.2) is 0 Å². The van der Waals surface area contributed by atoms with Gasteiger partial charge in [0, 0.05) is 29.2 Å². The van der Waals surface area contributed by atoms with E-state index in [4.69, 9.17) is 0 Å². The van der Waals surface area contributed by atoms with Crippen LogP contribution in [0.1, 0.15) is 29.2 Å². The van der Waals surface area contributed by atoms with Gasteiger partial charge >= 0.3 is 0 Å². The van der Waals surface area contributed by atoms with Crippen LogP contribution in [0.2, 0.25) is 0 Å². The number of aromatic nitrogens is 3. The number of nitro groups is 1. The van der Waals surface area contributed by atoms with E-state index in [1.54, 1.807) is 13.0 Å². The summed E-state index contributed by atoms with van der Waals surface area (Å²) >= 11 is 0.